The second-order valence-corrected chi connectivity index (χ2v) is 4.49. The fraction of sp³-hybridized carbons (Fsp3) is 0.900. The number of rotatable bonds is 0. The predicted octanol–water partition coefficient (Wildman–Crippen LogP) is 0.973. The van der Waals surface area contributed by atoms with E-state index < -0.39 is 5.72 Å². The standard InChI is InChI=1S/C10H17NO2/c1-10(13)8-6-4-3-5-7(8)9(12)11(10)2/h7-8,13H,3-6H2,1-2H3/t7-,8+,10?/m0/s1. The lowest BCUT2D eigenvalue weighted by Gasteiger charge is -2.33. The van der Waals surface area contributed by atoms with Crippen LogP contribution in [0.2, 0.25) is 0 Å². The Morgan fingerprint density at radius 2 is 2.08 bits per heavy atom. The van der Waals surface area contributed by atoms with Gasteiger partial charge in [-0.05, 0) is 19.8 Å². The molecule has 0 aromatic rings. The van der Waals surface area contributed by atoms with Crippen LogP contribution in [0.15, 0.2) is 0 Å². The molecule has 2 aliphatic rings. The van der Waals surface area contributed by atoms with Crippen molar-refractivity contribution in [3.8, 4) is 0 Å². The van der Waals surface area contributed by atoms with Gasteiger partial charge in [0.1, 0.15) is 5.72 Å². The number of hydrogen-bond acceptors (Lipinski definition) is 2. The molecule has 1 aliphatic heterocycles. The van der Waals surface area contributed by atoms with Crippen LogP contribution in [0.25, 0.3) is 0 Å². The molecule has 1 saturated heterocycles. The van der Waals surface area contributed by atoms with Crippen LogP contribution < -0.4 is 0 Å². The van der Waals surface area contributed by atoms with Gasteiger partial charge in [0, 0.05) is 18.9 Å². The van der Waals surface area contributed by atoms with Crippen molar-refractivity contribution in [3.05, 3.63) is 0 Å². The Labute approximate surface area is 78.7 Å². The lowest BCUT2D eigenvalue weighted by molar-refractivity contribution is -0.142. The molecular formula is C10H17NO2. The number of likely N-dealkylation sites (tertiary alicyclic amines) is 1. The average molecular weight is 183 g/mol. The summed E-state index contributed by atoms with van der Waals surface area (Å²) in [6.45, 7) is 1.76. The number of fused-ring (bicyclic) bond motifs is 1. The Bertz CT molecular complexity index is 237. The van der Waals surface area contributed by atoms with Crippen molar-refractivity contribution in [2.24, 2.45) is 11.8 Å². The van der Waals surface area contributed by atoms with E-state index in [-0.39, 0.29) is 17.7 Å². The lowest BCUT2D eigenvalue weighted by atomic mass is 9.77. The highest BCUT2D eigenvalue weighted by atomic mass is 16.3. The number of aliphatic hydroxyl groups is 1. The summed E-state index contributed by atoms with van der Waals surface area (Å²) in [5.74, 6) is 0.391. The van der Waals surface area contributed by atoms with E-state index in [1.807, 2.05) is 0 Å². The van der Waals surface area contributed by atoms with E-state index in [0.29, 0.717) is 0 Å². The number of carbonyl (C=O) groups excluding carboxylic acids is 1. The van der Waals surface area contributed by atoms with Crippen LogP contribution in [0, 0.1) is 11.8 Å². The first-order valence-electron chi connectivity index (χ1n) is 5.05. The van der Waals surface area contributed by atoms with Gasteiger partial charge in [-0.3, -0.25) is 4.79 Å². The third-order valence-corrected chi connectivity index (χ3v) is 3.80. The number of nitrogens with zero attached hydrogens (tertiary/aromatic N) is 1. The molecule has 3 heteroatoms. The summed E-state index contributed by atoms with van der Waals surface area (Å²) in [5, 5.41) is 10.1. The average Bonchev–Trinajstić information content (AvgIpc) is 2.30. The Kier molecular flexibility index (Phi) is 1.88. The molecule has 0 radical (unpaired) electrons. The zero-order valence-electron chi connectivity index (χ0n) is 8.29. The molecule has 0 aromatic carbocycles. The molecular weight excluding hydrogens is 166 g/mol. The highest BCUT2D eigenvalue weighted by Gasteiger charge is 2.53. The van der Waals surface area contributed by atoms with Gasteiger partial charge < -0.3 is 10.0 Å². The maximum atomic E-state index is 11.7. The highest BCUT2D eigenvalue weighted by Crippen LogP contribution is 2.45. The molecule has 13 heavy (non-hydrogen) atoms. The van der Waals surface area contributed by atoms with Gasteiger partial charge in [-0.15, -0.1) is 0 Å². The van der Waals surface area contributed by atoms with Crippen LogP contribution in [0.4, 0.5) is 0 Å². The maximum Gasteiger partial charge on any atom is 0.228 e. The van der Waals surface area contributed by atoms with E-state index in [9.17, 15) is 9.90 Å². The van der Waals surface area contributed by atoms with Crippen LogP contribution >= 0.6 is 0 Å². The summed E-state index contributed by atoms with van der Waals surface area (Å²) in [6, 6.07) is 0. The van der Waals surface area contributed by atoms with E-state index in [1.165, 1.54) is 4.90 Å². The Morgan fingerprint density at radius 1 is 1.46 bits per heavy atom. The van der Waals surface area contributed by atoms with Gasteiger partial charge in [0.25, 0.3) is 0 Å². The van der Waals surface area contributed by atoms with Crippen LogP contribution in [-0.2, 0) is 4.79 Å². The van der Waals surface area contributed by atoms with Crippen LogP contribution in [-0.4, -0.2) is 28.7 Å². The zero-order valence-corrected chi connectivity index (χ0v) is 8.29. The summed E-state index contributed by atoms with van der Waals surface area (Å²) >= 11 is 0. The molecule has 0 aromatic heterocycles. The zero-order chi connectivity index (χ0) is 9.64. The van der Waals surface area contributed by atoms with Crippen molar-refractivity contribution in [2.75, 3.05) is 7.05 Å². The van der Waals surface area contributed by atoms with Gasteiger partial charge in [0.2, 0.25) is 5.91 Å². The van der Waals surface area contributed by atoms with Crippen LogP contribution in [0.3, 0.4) is 0 Å². The van der Waals surface area contributed by atoms with E-state index in [4.69, 9.17) is 0 Å². The van der Waals surface area contributed by atoms with Crippen molar-refractivity contribution in [2.45, 2.75) is 38.3 Å². The van der Waals surface area contributed by atoms with Crippen molar-refractivity contribution in [1.29, 1.82) is 0 Å². The molecule has 0 spiro atoms. The number of amides is 1. The van der Waals surface area contributed by atoms with Crippen molar-refractivity contribution in [1.82, 2.24) is 4.90 Å². The van der Waals surface area contributed by atoms with Gasteiger partial charge in [-0.2, -0.15) is 0 Å². The molecule has 1 amide bonds. The fourth-order valence-corrected chi connectivity index (χ4v) is 2.80. The van der Waals surface area contributed by atoms with Gasteiger partial charge in [0.05, 0.1) is 0 Å². The monoisotopic (exact) mass is 183 g/mol. The third-order valence-electron chi connectivity index (χ3n) is 3.80. The van der Waals surface area contributed by atoms with E-state index in [2.05, 4.69) is 0 Å². The lowest BCUT2D eigenvalue weighted by Crippen LogP contribution is -2.44. The SMILES string of the molecule is CN1C(=O)[C@H]2CCCC[C@H]2C1(C)O. The predicted molar refractivity (Wildman–Crippen MR) is 48.8 cm³/mol. The van der Waals surface area contributed by atoms with Crippen LogP contribution in [0.5, 0.6) is 0 Å². The molecule has 74 valence electrons. The molecule has 1 N–H and O–H groups in total. The minimum absolute atomic E-state index is 0.0914. The summed E-state index contributed by atoms with van der Waals surface area (Å²) in [4.78, 5) is 13.2. The molecule has 1 unspecified atom stereocenters. The first-order valence-corrected chi connectivity index (χ1v) is 5.05. The minimum atomic E-state index is -0.901. The van der Waals surface area contributed by atoms with Crippen molar-refractivity contribution in [3.63, 3.8) is 0 Å². The summed E-state index contributed by atoms with van der Waals surface area (Å²) in [6.07, 6.45) is 4.24. The molecule has 2 rings (SSSR count). The molecule has 1 saturated carbocycles. The van der Waals surface area contributed by atoms with E-state index in [0.717, 1.165) is 25.7 Å². The molecule has 3 nitrogen and oxygen atoms in total. The van der Waals surface area contributed by atoms with E-state index in [1.54, 1.807) is 14.0 Å². The quantitative estimate of drug-likeness (QED) is 0.608. The Hall–Kier alpha value is -0.570. The normalized spacial score (nSPS) is 45.2. The van der Waals surface area contributed by atoms with Crippen molar-refractivity contribution < 1.29 is 9.90 Å². The smallest absolute Gasteiger partial charge is 0.228 e. The Morgan fingerprint density at radius 3 is 2.69 bits per heavy atom. The molecule has 3 atom stereocenters. The first-order chi connectivity index (χ1) is 6.05. The topological polar surface area (TPSA) is 40.5 Å². The van der Waals surface area contributed by atoms with Gasteiger partial charge in [0.15, 0.2) is 0 Å². The Balaban J connectivity index is 2.29. The fourth-order valence-electron chi connectivity index (χ4n) is 2.80. The summed E-state index contributed by atoms with van der Waals surface area (Å²) < 4.78 is 0. The second-order valence-electron chi connectivity index (χ2n) is 4.49. The van der Waals surface area contributed by atoms with Gasteiger partial charge in [-0.25, -0.2) is 0 Å². The summed E-state index contributed by atoms with van der Waals surface area (Å²) in [5.41, 5.74) is -0.901. The third kappa shape index (κ3) is 1.10. The van der Waals surface area contributed by atoms with Crippen molar-refractivity contribution >= 4 is 5.91 Å². The highest BCUT2D eigenvalue weighted by molar-refractivity contribution is 5.82. The van der Waals surface area contributed by atoms with Crippen LogP contribution in [0.1, 0.15) is 32.6 Å². The molecule has 1 heterocycles. The van der Waals surface area contributed by atoms with Gasteiger partial charge in [-0.1, -0.05) is 12.8 Å². The largest absolute Gasteiger partial charge is 0.371 e. The van der Waals surface area contributed by atoms with E-state index >= 15 is 0 Å². The molecule has 0 bridgehead atoms. The van der Waals surface area contributed by atoms with Gasteiger partial charge >= 0.3 is 0 Å². The molecule has 2 fully saturated rings. The number of carbonyl (C=O) groups is 1. The minimum Gasteiger partial charge on any atom is -0.371 e. The second kappa shape index (κ2) is 2.71. The maximum absolute atomic E-state index is 11.7. The molecule has 1 aliphatic carbocycles. The first kappa shape index (κ1) is 9.00. The summed E-state index contributed by atoms with van der Waals surface area (Å²) in [7, 11) is 1.71. The number of hydrogen-bond donors (Lipinski definition) is 1.